The number of likely N-dealkylation sites (N-methyl/N-ethyl adjacent to an activating group) is 1. The molecule has 0 aliphatic carbocycles. The zero-order valence-corrected chi connectivity index (χ0v) is 14.1. The van der Waals surface area contributed by atoms with Crippen LogP contribution in [0.2, 0.25) is 0 Å². The van der Waals surface area contributed by atoms with Gasteiger partial charge >= 0.3 is 6.09 Å². The number of hydrogen-bond acceptors (Lipinski definition) is 4. The van der Waals surface area contributed by atoms with Crippen molar-refractivity contribution >= 4 is 6.09 Å². The second kappa shape index (κ2) is 7.82. The lowest BCUT2D eigenvalue weighted by Crippen LogP contribution is -2.53. The maximum absolute atomic E-state index is 12.7. The molecule has 23 heavy (non-hydrogen) atoms. The number of nitrogens with zero attached hydrogens (tertiary/aromatic N) is 1. The second-order valence-electron chi connectivity index (χ2n) is 5.61. The largest absolute Gasteiger partial charge is 0.521 e. The molecule has 0 aliphatic heterocycles. The molecular weight excluding hydrogens is 292 g/mol. The molecule has 3 N–H and O–H groups in total. The Hall–Kier alpha value is -2.29. The summed E-state index contributed by atoms with van der Waals surface area (Å²) in [6.45, 7) is 5.62. The Morgan fingerprint density at radius 3 is 2.39 bits per heavy atom. The van der Waals surface area contributed by atoms with Crippen LogP contribution in [0.25, 0.3) is 0 Å². The number of allylic oxidation sites excluding steroid dienone is 1. The third kappa shape index (κ3) is 4.13. The molecule has 1 amide bonds. The fourth-order valence-corrected chi connectivity index (χ4v) is 2.43. The van der Waals surface area contributed by atoms with Crippen LogP contribution in [-0.4, -0.2) is 35.3 Å². The summed E-state index contributed by atoms with van der Waals surface area (Å²) in [5.41, 5.74) is 7.07. The van der Waals surface area contributed by atoms with E-state index in [0.717, 1.165) is 5.56 Å². The third-order valence-electron chi connectivity index (χ3n) is 3.92. The highest BCUT2D eigenvalue weighted by atomic mass is 16.6. The molecule has 124 valence electrons. The normalized spacial score (nSPS) is 17.2. The number of aliphatic hydroxyl groups excluding tert-OH is 1. The molecule has 0 fully saturated rings. The van der Waals surface area contributed by atoms with Crippen molar-refractivity contribution in [1.82, 2.24) is 0 Å². The number of rotatable bonds is 5. The van der Waals surface area contributed by atoms with Gasteiger partial charge in [-0.25, -0.2) is 0 Å². The molecule has 0 spiro atoms. The lowest BCUT2D eigenvalue weighted by molar-refractivity contribution is -0.800. The van der Waals surface area contributed by atoms with Gasteiger partial charge in [0.15, 0.2) is 5.70 Å². The third-order valence-corrected chi connectivity index (χ3v) is 3.92. The van der Waals surface area contributed by atoms with Crippen LogP contribution in [0.15, 0.2) is 41.8 Å². The van der Waals surface area contributed by atoms with Crippen molar-refractivity contribution < 1.29 is 19.1 Å². The number of amides is 1. The van der Waals surface area contributed by atoms with Crippen LogP contribution in [-0.2, 0) is 4.74 Å². The molecule has 0 saturated heterocycles. The quantitative estimate of drug-likeness (QED) is 0.497. The summed E-state index contributed by atoms with van der Waals surface area (Å²) in [6, 6.07) is 8.84. The number of carbonyl (C=O) groups is 1. The molecule has 0 aliphatic rings. The molecule has 5 nitrogen and oxygen atoms in total. The van der Waals surface area contributed by atoms with E-state index in [4.69, 9.17) is 16.9 Å². The first-order valence-electron chi connectivity index (χ1n) is 7.55. The Balaban J connectivity index is 3.13. The molecule has 3 atom stereocenters. The Morgan fingerprint density at radius 2 is 1.96 bits per heavy atom. The SMILES string of the molecule is C#CC(O)=C(C(C)N)[N+](C)(CC)C(=O)OC(C)c1ccccc1. The van der Waals surface area contributed by atoms with Gasteiger partial charge in [-0.05, 0) is 32.3 Å². The van der Waals surface area contributed by atoms with E-state index in [1.807, 2.05) is 30.3 Å². The number of nitrogens with two attached hydrogens (primary N) is 1. The lowest BCUT2D eigenvalue weighted by Gasteiger charge is -2.33. The molecular formula is C18H25N2O3+. The van der Waals surface area contributed by atoms with E-state index in [0.29, 0.717) is 6.54 Å². The highest BCUT2D eigenvalue weighted by Gasteiger charge is 2.42. The van der Waals surface area contributed by atoms with Crippen molar-refractivity contribution in [2.45, 2.75) is 32.9 Å². The standard InChI is InChI=1S/C18H24N2O3/c1-6-16(21)17(13(3)19)20(5,7-2)18(22)23-14(4)15-11-9-8-10-12-15/h1,8-14H,7,19H2,2-5H3/p+1. The van der Waals surface area contributed by atoms with Gasteiger partial charge in [0.05, 0.1) is 19.6 Å². The maximum atomic E-state index is 12.7. The number of hydrogen-bond donors (Lipinski definition) is 2. The monoisotopic (exact) mass is 317 g/mol. The topological polar surface area (TPSA) is 72.5 Å². The summed E-state index contributed by atoms with van der Waals surface area (Å²) < 4.78 is 5.28. The molecule has 0 aromatic heterocycles. The van der Waals surface area contributed by atoms with Gasteiger partial charge in [-0.15, -0.1) is 6.42 Å². The number of ether oxygens (including phenoxy) is 1. The number of carbonyl (C=O) groups excluding carboxylic acids is 1. The molecule has 1 aromatic rings. The van der Waals surface area contributed by atoms with Crippen LogP contribution in [0, 0.1) is 12.3 Å². The smallest absolute Gasteiger partial charge is 0.497 e. The number of quaternary nitrogens is 1. The number of benzene rings is 1. The van der Waals surface area contributed by atoms with E-state index in [-0.39, 0.29) is 15.9 Å². The van der Waals surface area contributed by atoms with Crippen molar-refractivity contribution in [2.75, 3.05) is 13.6 Å². The zero-order chi connectivity index (χ0) is 17.6. The highest BCUT2D eigenvalue weighted by Crippen LogP contribution is 2.25. The predicted octanol–water partition coefficient (Wildman–Crippen LogP) is 3.10. The minimum absolute atomic E-state index is 0.264. The van der Waals surface area contributed by atoms with Gasteiger partial charge in [0.1, 0.15) is 6.10 Å². The van der Waals surface area contributed by atoms with E-state index in [2.05, 4.69) is 5.92 Å². The summed E-state index contributed by atoms with van der Waals surface area (Å²) in [6.07, 6.45) is 4.34. The van der Waals surface area contributed by atoms with Gasteiger partial charge in [0.2, 0.25) is 5.76 Å². The van der Waals surface area contributed by atoms with Gasteiger partial charge < -0.3 is 15.6 Å². The molecule has 0 saturated carbocycles. The maximum Gasteiger partial charge on any atom is 0.521 e. The fraction of sp³-hybridized carbons (Fsp3) is 0.389. The summed E-state index contributed by atoms with van der Waals surface area (Å²) >= 11 is 0. The first-order valence-corrected chi connectivity index (χ1v) is 7.55. The summed E-state index contributed by atoms with van der Waals surface area (Å²) in [7, 11) is 1.63. The first-order chi connectivity index (χ1) is 10.8. The Labute approximate surface area is 137 Å². The van der Waals surface area contributed by atoms with E-state index < -0.39 is 18.2 Å². The van der Waals surface area contributed by atoms with Gasteiger partial charge in [-0.2, -0.15) is 9.28 Å². The molecule has 0 heterocycles. The van der Waals surface area contributed by atoms with Crippen LogP contribution in [0.5, 0.6) is 0 Å². The zero-order valence-electron chi connectivity index (χ0n) is 14.1. The summed E-state index contributed by atoms with van der Waals surface area (Å²) in [4.78, 5) is 12.7. The van der Waals surface area contributed by atoms with Crippen molar-refractivity contribution in [2.24, 2.45) is 5.73 Å². The molecule has 1 rings (SSSR count). The van der Waals surface area contributed by atoms with Crippen LogP contribution >= 0.6 is 0 Å². The van der Waals surface area contributed by atoms with E-state index in [1.165, 1.54) is 0 Å². The van der Waals surface area contributed by atoms with Gasteiger partial charge in [0.25, 0.3) is 0 Å². The fourth-order valence-electron chi connectivity index (χ4n) is 2.43. The number of aliphatic hydroxyl groups is 1. The average Bonchev–Trinajstić information content (AvgIpc) is 2.54. The van der Waals surface area contributed by atoms with Crippen LogP contribution in [0.4, 0.5) is 4.79 Å². The van der Waals surface area contributed by atoms with Crippen molar-refractivity contribution in [3.05, 3.63) is 47.4 Å². The molecule has 1 aromatic carbocycles. The highest BCUT2D eigenvalue weighted by molar-refractivity contribution is 5.62. The molecule has 3 unspecified atom stereocenters. The van der Waals surface area contributed by atoms with Crippen molar-refractivity contribution in [3.8, 4) is 12.3 Å². The van der Waals surface area contributed by atoms with E-state index >= 15 is 0 Å². The summed E-state index contributed by atoms with van der Waals surface area (Å²) in [5, 5.41) is 10.00. The molecule has 0 bridgehead atoms. The van der Waals surface area contributed by atoms with Crippen molar-refractivity contribution in [3.63, 3.8) is 0 Å². The van der Waals surface area contributed by atoms with E-state index in [9.17, 15) is 9.90 Å². The van der Waals surface area contributed by atoms with E-state index in [1.54, 1.807) is 27.8 Å². The van der Waals surface area contributed by atoms with Gasteiger partial charge in [0, 0.05) is 0 Å². The van der Waals surface area contributed by atoms with Crippen LogP contribution in [0.1, 0.15) is 32.4 Å². The van der Waals surface area contributed by atoms with Gasteiger partial charge in [-0.3, -0.25) is 0 Å². The van der Waals surface area contributed by atoms with Crippen LogP contribution < -0.4 is 5.73 Å². The summed E-state index contributed by atoms with van der Waals surface area (Å²) in [5.74, 6) is 1.83. The average molecular weight is 317 g/mol. The predicted molar refractivity (Wildman–Crippen MR) is 90.2 cm³/mol. The second-order valence-corrected chi connectivity index (χ2v) is 5.61. The van der Waals surface area contributed by atoms with Crippen LogP contribution in [0.3, 0.4) is 0 Å². The lowest BCUT2D eigenvalue weighted by atomic mass is 10.1. The minimum Gasteiger partial charge on any atom is -0.497 e. The molecule has 0 radical (unpaired) electrons. The Morgan fingerprint density at radius 1 is 1.39 bits per heavy atom. The Bertz CT molecular complexity index is 617. The minimum atomic E-state index is -0.587. The van der Waals surface area contributed by atoms with Crippen molar-refractivity contribution in [1.29, 1.82) is 0 Å². The number of terminal acetylenes is 1. The van der Waals surface area contributed by atoms with Gasteiger partial charge in [-0.1, -0.05) is 30.3 Å². The molecule has 5 heteroatoms. The first kappa shape index (κ1) is 18.8. The Kier molecular flexibility index (Phi) is 6.38.